The van der Waals surface area contributed by atoms with Crippen molar-refractivity contribution in [2.24, 2.45) is 11.3 Å². The Hall–Kier alpha value is -2.37. The number of nitrogens with zero attached hydrogens (tertiary/aromatic N) is 2. The fourth-order valence-corrected chi connectivity index (χ4v) is 6.73. The summed E-state index contributed by atoms with van der Waals surface area (Å²) in [5.74, 6) is -0.781. The van der Waals surface area contributed by atoms with Crippen molar-refractivity contribution in [1.82, 2.24) is 15.1 Å². The third kappa shape index (κ3) is 3.75. The van der Waals surface area contributed by atoms with Crippen LogP contribution in [0.2, 0.25) is 0 Å². The van der Waals surface area contributed by atoms with Crippen LogP contribution in [0.4, 0.5) is 22.4 Å². The second-order valence-electron chi connectivity index (χ2n) is 10.1. The molecule has 5 rings (SSSR count). The van der Waals surface area contributed by atoms with Crippen molar-refractivity contribution >= 4 is 21.7 Å². The minimum Gasteiger partial charge on any atom is -0.347 e. The lowest BCUT2D eigenvalue weighted by atomic mass is 9.56. The zero-order chi connectivity index (χ0) is 23.8. The molecule has 1 saturated carbocycles. The van der Waals surface area contributed by atoms with Crippen molar-refractivity contribution < 1.29 is 31.4 Å². The highest BCUT2D eigenvalue weighted by Gasteiger charge is 2.56. The Labute approximate surface area is 188 Å². The van der Waals surface area contributed by atoms with E-state index in [9.17, 15) is 31.4 Å². The lowest BCUT2D eigenvalue weighted by Gasteiger charge is -2.61. The van der Waals surface area contributed by atoms with Crippen LogP contribution < -0.4 is 5.32 Å². The van der Waals surface area contributed by atoms with Gasteiger partial charge in [0.1, 0.15) is 5.82 Å². The number of hydrogen-bond donors (Lipinski definition) is 2. The van der Waals surface area contributed by atoms with Crippen molar-refractivity contribution in [2.45, 2.75) is 48.0 Å². The van der Waals surface area contributed by atoms with E-state index in [0.717, 1.165) is 31.4 Å². The standard InChI is InChI=1S/C21H24F4N4O3S/c22-15-4-13(5-16(6-15)33(26,32)21(23,24)25)3-14-7-19(8-14)9-28(10-19)18(31)29-11-20(12-29)2-1-17(30)27-20/h4-6,14,26H,1-3,7-12H2,(H,27,30). The monoisotopic (exact) mass is 488 g/mol. The summed E-state index contributed by atoms with van der Waals surface area (Å²) >= 11 is 0. The van der Waals surface area contributed by atoms with Gasteiger partial charge >= 0.3 is 11.5 Å². The lowest BCUT2D eigenvalue weighted by molar-refractivity contribution is -0.120. The van der Waals surface area contributed by atoms with Gasteiger partial charge in [0, 0.05) is 38.0 Å². The van der Waals surface area contributed by atoms with Gasteiger partial charge < -0.3 is 15.1 Å². The van der Waals surface area contributed by atoms with Gasteiger partial charge in [-0.05, 0) is 55.4 Å². The summed E-state index contributed by atoms with van der Waals surface area (Å²) in [6, 6.07) is 2.62. The van der Waals surface area contributed by atoms with Gasteiger partial charge in [0.25, 0.3) is 0 Å². The Morgan fingerprint density at radius 2 is 1.79 bits per heavy atom. The van der Waals surface area contributed by atoms with Gasteiger partial charge in [-0.25, -0.2) is 18.2 Å². The molecule has 33 heavy (non-hydrogen) atoms. The highest BCUT2D eigenvalue weighted by Crippen LogP contribution is 2.53. The van der Waals surface area contributed by atoms with Crippen LogP contribution in [0.1, 0.15) is 31.2 Å². The van der Waals surface area contributed by atoms with Crippen LogP contribution in [-0.2, 0) is 20.9 Å². The fraction of sp³-hybridized carbons (Fsp3) is 0.619. The van der Waals surface area contributed by atoms with Crippen LogP contribution in [0.15, 0.2) is 23.1 Å². The minimum absolute atomic E-state index is 0.00442. The molecule has 180 valence electrons. The first-order chi connectivity index (χ1) is 15.3. The molecule has 2 N–H and O–H groups in total. The molecule has 1 aromatic carbocycles. The molecule has 3 amide bonds. The number of alkyl halides is 3. The molecule has 4 fully saturated rings. The van der Waals surface area contributed by atoms with Crippen LogP contribution in [-0.4, -0.2) is 63.2 Å². The molecular formula is C21H24F4N4O3S. The summed E-state index contributed by atoms with van der Waals surface area (Å²) < 4.78 is 71.7. The van der Waals surface area contributed by atoms with Crippen LogP contribution in [0.3, 0.4) is 0 Å². The Morgan fingerprint density at radius 3 is 2.36 bits per heavy atom. The molecule has 7 nitrogen and oxygen atoms in total. The summed E-state index contributed by atoms with van der Waals surface area (Å²) in [6.07, 6.45) is 3.14. The summed E-state index contributed by atoms with van der Waals surface area (Å²) in [4.78, 5) is 26.7. The molecule has 0 bridgehead atoms. The second kappa shape index (κ2) is 7.07. The van der Waals surface area contributed by atoms with Gasteiger partial charge in [-0.1, -0.05) is 0 Å². The largest absolute Gasteiger partial charge is 0.483 e. The maximum absolute atomic E-state index is 13.9. The Morgan fingerprint density at radius 1 is 1.15 bits per heavy atom. The van der Waals surface area contributed by atoms with Gasteiger partial charge in [0.15, 0.2) is 9.73 Å². The van der Waals surface area contributed by atoms with Crippen molar-refractivity contribution in [3.63, 3.8) is 0 Å². The maximum atomic E-state index is 13.9. The number of carbonyl (C=O) groups excluding carboxylic acids is 2. The van der Waals surface area contributed by atoms with Crippen molar-refractivity contribution in [3.8, 4) is 0 Å². The van der Waals surface area contributed by atoms with Gasteiger partial charge in [0.2, 0.25) is 5.91 Å². The first kappa shape index (κ1) is 22.4. The number of hydrogen-bond acceptors (Lipinski definition) is 4. The van der Waals surface area contributed by atoms with E-state index in [0.29, 0.717) is 50.7 Å². The van der Waals surface area contributed by atoms with E-state index in [-0.39, 0.29) is 28.8 Å². The van der Waals surface area contributed by atoms with Gasteiger partial charge in [-0.3, -0.25) is 4.79 Å². The predicted octanol–water partition coefficient (Wildman–Crippen LogP) is 3.09. The van der Waals surface area contributed by atoms with E-state index < -0.39 is 26.0 Å². The van der Waals surface area contributed by atoms with Crippen LogP contribution >= 0.6 is 0 Å². The molecule has 3 saturated heterocycles. The highest BCUT2D eigenvalue weighted by atomic mass is 32.2. The number of amides is 3. The van der Waals surface area contributed by atoms with Crippen LogP contribution in [0, 0.1) is 21.9 Å². The van der Waals surface area contributed by atoms with Gasteiger partial charge in [0.05, 0.1) is 10.4 Å². The highest BCUT2D eigenvalue weighted by molar-refractivity contribution is 7.93. The second-order valence-corrected chi connectivity index (χ2v) is 12.1. The molecule has 0 radical (unpaired) electrons. The fourth-order valence-electron chi connectivity index (χ4n) is 5.87. The van der Waals surface area contributed by atoms with Crippen molar-refractivity contribution in [3.05, 3.63) is 29.6 Å². The minimum atomic E-state index is -5.26. The van der Waals surface area contributed by atoms with Crippen molar-refractivity contribution in [1.29, 1.82) is 4.78 Å². The van der Waals surface area contributed by atoms with E-state index in [4.69, 9.17) is 4.78 Å². The van der Waals surface area contributed by atoms with Crippen LogP contribution in [0.25, 0.3) is 0 Å². The van der Waals surface area contributed by atoms with E-state index in [2.05, 4.69) is 5.32 Å². The van der Waals surface area contributed by atoms with Gasteiger partial charge in [-0.2, -0.15) is 13.2 Å². The van der Waals surface area contributed by atoms with E-state index in [1.807, 2.05) is 0 Å². The lowest BCUT2D eigenvalue weighted by Crippen LogP contribution is -2.73. The average molecular weight is 489 g/mol. The molecular weight excluding hydrogens is 464 g/mol. The zero-order valence-corrected chi connectivity index (χ0v) is 18.5. The molecule has 1 aromatic rings. The quantitative estimate of drug-likeness (QED) is 0.641. The predicted molar refractivity (Wildman–Crippen MR) is 109 cm³/mol. The Balaban J connectivity index is 1.13. The van der Waals surface area contributed by atoms with E-state index in [1.165, 1.54) is 0 Å². The number of nitrogens with one attached hydrogen (secondary N) is 2. The summed E-state index contributed by atoms with van der Waals surface area (Å²) in [5, 5.41) is 2.95. The first-order valence-electron chi connectivity index (χ1n) is 10.8. The molecule has 3 aliphatic heterocycles. The maximum Gasteiger partial charge on any atom is 0.483 e. The zero-order valence-electron chi connectivity index (χ0n) is 17.7. The molecule has 1 aliphatic carbocycles. The smallest absolute Gasteiger partial charge is 0.347 e. The van der Waals surface area contributed by atoms with E-state index in [1.54, 1.807) is 9.80 Å². The molecule has 4 aliphatic rings. The molecule has 3 heterocycles. The topological polar surface area (TPSA) is 93.6 Å². The summed E-state index contributed by atoms with van der Waals surface area (Å²) in [7, 11) is -5.11. The number of rotatable bonds is 3. The molecule has 12 heteroatoms. The molecule has 1 atom stereocenters. The number of carbonyl (C=O) groups is 2. The van der Waals surface area contributed by atoms with Crippen LogP contribution in [0.5, 0.6) is 0 Å². The normalized spacial score (nSPS) is 25.3. The molecule has 0 aromatic heterocycles. The Bertz CT molecular complexity index is 1120. The summed E-state index contributed by atoms with van der Waals surface area (Å²) in [5.41, 5.74) is -5.23. The third-order valence-electron chi connectivity index (χ3n) is 7.37. The number of urea groups is 1. The SMILES string of the molecule is N=S(=O)(c1cc(F)cc(CC2CC3(C2)CN(C(=O)N2CC4(CCC(=O)N4)C2)C3)c1)C(F)(F)F. The van der Waals surface area contributed by atoms with Gasteiger partial charge in [-0.15, -0.1) is 0 Å². The summed E-state index contributed by atoms with van der Waals surface area (Å²) in [6.45, 7) is 2.29. The number of halogens is 4. The number of benzene rings is 1. The first-order valence-corrected chi connectivity index (χ1v) is 12.4. The molecule has 1 unspecified atom stereocenters. The Kier molecular flexibility index (Phi) is 4.80. The average Bonchev–Trinajstić information content (AvgIpc) is 3.01. The number of likely N-dealkylation sites (tertiary alicyclic amines) is 2. The van der Waals surface area contributed by atoms with Crippen molar-refractivity contribution in [2.75, 3.05) is 26.2 Å². The molecule has 2 spiro atoms. The van der Waals surface area contributed by atoms with E-state index >= 15 is 0 Å². The third-order valence-corrected chi connectivity index (χ3v) is 8.92.